The van der Waals surface area contributed by atoms with Gasteiger partial charge in [-0.15, -0.1) is 0 Å². The molecule has 3 aromatic rings. The fraction of sp³-hybridized carbons (Fsp3) is 0.250. The van der Waals surface area contributed by atoms with Crippen molar-refractivity contribution in [1.29, 1.82) is 0 Å². The molecule has 1 saturated heterocycles. The molecule has 0 saturated carbocycles. The zero-order valence-electron chi connectivity index (χ0n) is 14.6. The lowest BCUT2D eigenvalue weighted by Gasteiger charge is -2.18. The Hall–Kier alpha value is -2.86. The van der Waals surface area contributed by atoms with Crippen molar-refractivity contribution in [2.75, 3.05) is 13.1 Å². The Labute approximate surface area is 162 Å². The first-order chi connectivity index (χ1) is 13.2. The molecule has 7 heteroatoms. The second-order valence-corrected chi connectivity index (χ2v) is 6.89. The van der Waals surface area contributed by atoms with E-state index in [-0.39, 0.29) is 18.1 Å². The molecule has 0 aliphatic carbocycles. The van der Waals surface area contributed by atoms with Gasteiger partial charge in [-0.3, -0.25) is 0 Å². The van der Waals surface area contributed by atoms with E-state index in [0.29, 0.717) is 24.7 Å². The Kier molecular flexibility index (Phi) is 5.07. The van der Waals surface area contributed by atoms with Crippen LogP contribution in [0.15, 0.2) is 54.9 Å². The summed E-state index contributed by atoms with van der Waals surface area (Å²) in [5.41, 5.74) is 1.10. The topological polar surface area (TPSA) is 67.4 Å². The van der Waals surface area contributed by atoms with Crippen molar-refractivity contribution < 1.29 is 9.53 Å². The number of halogens is 1. The molecule has 138 valence electrons. The van der Waals surface area contributed by atoms with Crippen molar-refractivity contribution in [3.05, 3.63) is 65.4 Å². The summed E-state index contributed by atoms with van der Waals surface area (Å²) in [6.07, 6.45) is 3.61. The SMILES string of the molecule is O=C(NCc1cccc2ccccc12)N1CC[C@H](Oc2ncc(Cl)cn2)C1. The lowest BCUT2D eigenvalue weighted by molar-refractivity contribution is 0.178. The second kappa shape index (κ2) is 7.80. The van der Waals surface area contributed by atoms with Crippen LogP contribution in [-0.2, 0) is 6.54 Å². The number of nitrogens with one attached hydrogen (secondary N) is 1. The molecule has 0 unspecified atom stereocenters. The van der Waals surface area contributed by atoms with Crippen LogP contribution in [-0.4, -0.2) is 40.1 Å². The van der Waals surface area contributed by atoms with E-state index in [1.165, 1.54) is 17.8 Å². The molecule has 1 fully saturated rings. The van der Waals surface area contributed by atoms with Crippen LogP contribution in [0.1, 0.15) is 12.0 Å². The number of carbonyl (C=O) groups is 1. The quantitative estimate of drug-likeness (QED) is 0.748. The van der Waals surface area contributed by atoms with E-state index in [0.717, 1.165) is 17.4 Å². The zero-order chi connectivity index (χ0) is 18.6. The van der Waals surface area contributed by atoms with Gasteiger partial charge in [0.25, 0.3) is 0 Å². The molecule has 2 aromatic carbocycles. The number of rotatable bonds is 4. The monoisotopic (exact) mass is 382 g/mol. The number of benzene rings is 2. The van der Waals surface area contributed by atoms with Gasteiger partial charge in [-0.05, 0) is 16.3 Å². The molecular formula is C20H19ClN4O2. The van der Waals surface area contributed by atoms with Crippen LogP contribution in [0.25, 0.3) is 10.8 Å². The molecule has 1 N–H and O–H groups in total. The van der Waals surface area contributed by atoms with Gasteiger partial charge >= 0.3 is 12.0 Å². The predicted octanol–water partition coefficient (Wildman–Crippen LogP) is 3.65. The normalized spacial score (nSPS) is 16.5. The van der Waals surface area contributed by atoms with Gasteiger partial charge in [0.15, 0.2) is 0 Å². The van der Waals surface area contributed by atoms with Gasteiger partial charge in [0.05, 0.1) is 24.0 Å². The van der Waals surface area contributed by atoms with E-state index in [4.69, 9.17) is 16.3 Å². The molecule has 1 aromatic heterocycles. The highest BCUT2D eigenvalue weighted by Crippen LogP contribution is 2.19. The highest BCUT2D eigenvalue weighted by Gasteiger charge is 2.28. The van der Waals surface area contributed by atoms with Crippen molar-refractivity contribution in [3.8, 4) is 6.01 Å². The van der Waals surface area contributed by atoms with Crippen LogP contribution in [0, 0.1) is 0 Å². The highest BCUT2D eigenvalue weighted by molar-refractivity contribution is 6.30. The minimum absolute atomic E-state index is 0.0916. The van der Waals surface area contributed by atoms with Gasteiger partial charge in [0.2, 0.25) is 0 Å². The van der Waals surface area contributed by atoms with E-state index in [1.54, 1.807) is 4.90 Å². The zero-order valence-corrected chi connectivity index (χ0v) is 15.4. The van der Waals surface area contributed by atoms with E-state index in [9.17, 15) is 4.79 Å². The van der Waals surface area contributed by atoms with Gasteiger partial charge in [-0.25, -0.2) is 14.8 Å². The van der Waals surface area contributed by atoms with E-state index in [2.05, 4.69) is 33.5 Å². The van der Waals surface area contributed by atoms with Crippen LogP contribution in [0.2, 0.25) is 5.02 Å². The fourth-order valence-corrected chi connectivity index (χ4v) is 3.35. The van der Waals surface area contributed by atoms with Gasteiger partial charge < -0.3 is 15.0 Å². The number of likely N-dealkylation sites (tertiary alicyclic amines) is 1. The number of hydrogen-bond donors (Lipinski definition) is 1. The highest BCUT2D eigenvalue weighted by atomic mass is 35.5. The summed E-state index contributed by atoms with van der Waals surface area (Å²) in [5, 5.41) is 5.79. The number of nitrogens with zero attached hydrogens (tertiary/aromatic N) is 3. The lowest BCUT2D eigenvalue weighted by atomic mass is 10.0. The van der Waals surface area contributed by atoms with Gasteiger partial charge in [-0.1, -0.05) is 54.1 Å². The van der Waals surface area contributed by atoms with Crippen LogP contribution < -0.4 is 10.1 Å². The van der Waals surface area contributed by atoms with Crippen LogP contribution in [0.4, 0.5) is 4.79 Å². The molecule has 1 atom stereocenters. The minimum Gasteiger partial charge on any atom is -0.458 e. The molecule has 6 nitrogen and oxygen atoms in total. The summed E-state index contributed by atoms with van der Waals surface area (Å²) in [4.78, 5) is 22.3. The molecular weight excluding hydrogens is 364 g/mol. The summed E-state index contributed by atoms with van der Waals surface area (Å²) >= 11 is 5.77. The molecule has 0 radical (unpaired) electrons. The first-order valence-corrected chi connectivity index (χ1v) is 9.20. The van der Waals surface area contributed by atoms with Crippen molar-refractivity contribution in [3.63, 3.8) is 0 Å². The maximum atomic E-state index is 12.5. The van der Waals surface area contributed by atoms with Crippen molar-refractivity contribution >= 4 is 28.4 Å². The Bertz CT molecular complexity index is 943. The summed E-state index contributed by atoms with van der Waals surface area (Å²) in [7, 11) is 0. The number of aromatic nitrogens is 2. The first-order valence-electron chi connectivity index (χ1n) is 8.82. The number of fused-ring (bicyclic) bond motifs is 1. The average molecular weight is 383 g/mol. The number of carbonyl (C=O) groups excluding carboxylic acids is 1. The Morgan fingerprint density at radius 3 is 2.81 bits per heavy atom. The standard InChI is InChI=1S/C20H19ClN4O2/c21-16-11-22-19(23-12-16)27-17-8-9-25(13-17)20(26)24-10-15-6-3-5-14-4-1-2-7-18(14)15/h1-7,11-12,17H,8-10,13H2,(H,24,26)/t17-/m0/s1. The molecule has 0 spiro atoms. The summed E-state index contributed by atoms with van der Waals surface area (Å²) in [5.74, 6) is 0. The maximum Gasteiger partial charge on any atom is 0.317 e. The van der Waals surface area contributed by atoms with Crippen LogP contribution in [0.3, 0.4) is 0 Å². The van der Waals surface area contributed by atoms with Gasteiger partial charge in [-0.2, -0.15) is 0 Å². The third-order valence-electron chi connectivity index (χ3n) is 4.61. The van der Waals surface area contributed by atoms with E-state index < -0.39 is 0 Å². The summed E-state index contributed by atoms with van der Waals surface area (Å²) in [6.45, 7) is 1.63. The third kappa shape index (κ3) is 4.11. The Morgan fingerprint density at radius 2 is 1.96 bits per heavy atom. The third-order valence-corrected chi connectivity index (χ3v) is 4.81. The number of urea groups is 1. The smallest absolute Gasteiger partial charge is 0.317 e. The van der Waals surface area contributed by atoms with Crippen molar-refractivity contribution in [2.45, 2.75) is 19.1 Å². The maximum absolute atomic E-state index is 12.5. The van der Waals surface area contributed by atoms with Crippen molar-refractivity contribution in [2.24, 2.45) is 0 Å². The number of hydrogen-bond acceptors (Lipinski definition) is 4. The minimum atomic E-state index is -0.116. The van der Waals surface area contributed by atoms with Crippen LogP contribution >= 0.6 is 11.6 Å². The number of amides is 2. The second-order valence-electron chi connectivity index (χ2n) is 6.46. The first kappa shape index (κ1) is 17.5. The molecule has 2 amide bonds. The van der Waals surface area contributed by atoms with E-state index in [1.807, 2.05) is 24.3 Å². The predicted molar refractivity (Wildman–Crippen MR) is 104 cm³/mol. The lowest BCUT2D eigenvalue weighted by Crippen LogP contribution is -2.39. The van der Waals surface area contributed by atoms with Gasteiger partial charge in [0.1, 0.15) is 6.10 Å². The molecule has 2 heterocycles. The summed E-state index contributed by atoms with van der Waals surface area (Å²) < 4.78 is 5.73. The Balaban J connectivity index is 1.33. The van der Waals surface area contributed by atoms with Crippen molar-refractivity contribution in [1.82, 2.24) is 20.2 Å². The Morgan fingerprint density at radius 1 is 1.19 bits per heavy atom. The molecule has 0 bridgehead atoms. The van der Waals surface area contributed by atoms with Crippen LogP contribution in [0.5, 0.6) is 6.01 Å². The average Bonchev–Trinajstić information content (AvgIpc) is 3.16. The molecule has 1 aliphatic heterocycles. The van der Waals surface area contributed by atoms with E-state index >= 15 is 0 Å². The largest absolute Gasteiger partial charge is 0.458 e. The fourth-order valence-electron chi connectivity index (χ4n) is 3.25. The van der Waals surface area contributed by atoms with Gasteiger partial charge in [0, 0.05) is 19.5 Å². The summed E-state index contributed by atoms with van der Waals surface area (Å²) in [6, 6.07) is 14.5. The molecule has 4 rings (SSSR count). The molecule has 1 aliphatic rings. The molecule has 27 heavy (non-hydrogen) atoms. The number of ether oxygens (including phenoxy) is 1.